The van der Waals surface area contributed by atoms with Crippen molar-refractivity contribution in [1.82, 2.24) is 9.80 Å². The van der Waals surface area contributed by atoms with Crippen LogP contribution in [-0.4, -0.2) is 48.4 Å². The first-order valence-electron chi connectivity index (χ1n) is 7.35. The Labute approximate surface area is 120 Å². The van der Waals surface area contributed by atoms with Gasteiger partial charge in [-0.2, -0.15) is 0 Å². The Morgan fingerprint density at radius 3 is 2.55 bits per heavy atom. The minimum Gasteiger partial charge on any atom is -0.468 e. The first-order chi connectivity index (χ1) is 9.61. The summed E-state index contributed by atoms with van der Waals surface area (Å²) in [6, 6.07) is 3.89. The minimum absolute atomic E-state index is 0.0494. The van der Waals surface area contributed by atoms with Gasteiger partial charge in [0.1, 0.15) is 5.76 Å². The van der Waals surface area contributed by atoms with Gasteiger partial charge in [0.15, 0.2) is 0 Å². The summed E-state index contributed by atoms with van der Waals surface area (Å²) in [5.74, 6) is 1.44. The van der Waals surface area contributed by atoms with Gasteiger partial charge in [-0.15, -0.1) is 0 Å². The van der Waals surface area contributed by atoms with Gasteiger partial charge in [-0.05, 0) is 18.1 Å². The summed E-state index contributed by atoms with van der Waals surface area (Å²) in [5, 5.41) is 0. The highest BCUT2D eigenvalue weighted by molar-refractivity contribution is 5.79. The van der Waals surface area contributed by atoms with Crippen molar-refractivity contribution in [2.45, 2.75) is 20.4 Å². The van der Waals surface area contributed by atoms with E-state index < -0.39 is 0 Å². The lowest BCUT2D eigenvalue weighted by atomic mass is 9.94. The average Bonchev–Trinajstić information content (AvgIpc) is 2.92. The Bertz CT molecular complexity index is 409. The van der Waals surface area contributed by atoms with E-state index in [2.05, 4.69) is 18.7 Å². The zero-order valence-electron chi connectivity index (χ0n) is 12.4. The minimum atomic E-state index is -0.0494. The van der Waals surface area contributed by atoms with Crippen LogP contribution in [-0.2, 0) is 11.3 Å². The van der Waals surface area contributed by atoms with Gasteiger partial charge in [0.25, 0.3) is 0 Å². The monoisotopic (exact) mass is 279 g/mol. The second-order valence-corrected chi connectivity index (χ2v) is 5.77. The third kappa shape index (κ3) is 3.61. The van der Waals surface area contributed by atoms with Crippen LogP contribution in [0.15, 0.2) is 22.8 Å². The lowest BCUT2D eigenvalue weighted by Gasteiger charge is -2.36. The molecule has 1 aliphatic heterocycles. The summed E-state index contributed by atoms with van der Waals surface area (Å²) in [6.07, 6.45) is 1.70. The maximum absolute atomic E-state index is 12.4. The summed E-state index contributed by atoms with van der Waals surface area (Å²) in [4.78, 5) is 16.7. The molecule has 2 heterocycles. The summed E-state index contributed by atoms with van der Waals surface area (Å²) < 4.78 is 5.36. The fourth-order valence-electron chi connectivity index (χ4n) is 2.64. The molecule has 112 valence electrons. The molecule has 2 N–H and O–H groups in total. The summed E-state index contributed by atoms with van der Waals surface area (Å²) in [7, 11) is 0. The van der Waals surface area contributed by atoms with Crippen molar-refractivity contribution in [1.29, 1.82) is 0 Å². The van der Waals surface area contributed by atoms with E-state index in [1.807, 2.05) is 17.0 Å². The number of nitrogens with two attached hydrogens (primary N) is 1. The number of piperazine rings is 1. The number of rotatable bonds is 5. The maximum Gasteiger partial charge on any atom is 0.227 e. The van der Waals surface area contributed by atoms with E-state index in [1.165, 1.54) is 0 Å². The van der Waals surface area contributed by atoms with Gasteiger partial charge in [-0.1, -0.05) is 13.8 Å². The van der Waals surface area contributed by atoms with E-state index in [0.29, 0.717) is 12.5 Å². The molecule has 0 bridgehead atoms. The highest BCUT2D eigenvalue weighted by Gasteiger charge is 2.28. The van der Waals surface area contributed by atoms with Crippen molar-refractivity contribution in [2.24, 2.45) is 17.6 Å². The normalized spacial score (nSPS) is 18.5. The number of carbonyl (C=O) groups is 1. The van der Waals surface area contributed by atoms with Crippen molar-refractivity contribution in [2.75, 3.05) is 32.7 Å². The third-order valence-corrected chi connectivity index (χ3v) is 4.02. The van der Waals surface area contributed by atoms with Gasteiger partial charge in [-0.25, -0.2) is 0 Å². The summed E-state index contributed by atoms with van der Waals surface area (Å²) >= 11 is 0. The SMILES string of the molecule is CC(C)C(CN)C(=O)N1CCN(Cc2ccco2)CC1. The number of carbonyl (C=O) groups excluding carboxylic acids is 1. The third-order valence-electron chi connectivity index (χ3n) is 4.02. The molecule has 0 aromatic carbocycles. The van der Waals surface area contributed by atoms with Crippen molar-refractivity contribution in [3.8, 4) is 0 Å². The molecule has 1 fully saturated rings. The lowest BCUT2D eigenvalue weighted by Crippen LogP contribution is -2.51. The summed E-state index contributed by atoms with van der Waals surface area (Å²) in [5.41, 5.74) is 5.73. The number of furan rings is 1. The van der Waals surface area contributed by atoms with Crippen LogP contribution < -0.4 is 5.73 Å². The van der Waals surface area contributed by atoms with Crippen LogP contribution in [0.3, 0.4) is 0 Å². The Kier molecular flexibility index (Phi) is 5.20. The molecule has 1 aliphatic rings. The molecule has 5 nitrogen and oxygen atoms in total. The largest absolute Gasteiger partial charge is 0.468 e. The highest BCUT2D eigenvalue weighted by Crippen LogP contribution is 2.15. The van der Waals surface area contributed by atoms with E-state index in [9.17, 15) is 4.79 Å². The van der Waals surface area contributed by atoms with Crippen molar-refractivity contribution < 1.29 is 9.21 Å². The molecule has 1 saturated heterocycles. The average molecular weight is 279 g/mol. The van der Waals surface area contributed by atoms with Crippen molar-refractivity contribution in [3.05, 3.63) is 24.2 Å². The van der Waals surface area contributed by atoms with Gasteiger partial charge in [-0.3, -0.25) is 9.69 Å². The van der Waals surface area contributed by atoms with Gasteiger partial charge in [0, 0.05) is 32.7 Å². The molecular formula is C15H25N3O2. The maximum atomic E-state index is 12.4. The van der Waals surface area contributed by atoms with Gasteiger partial charge < -0.3 is 15.1 Å². The Hall–Kier alpha value is -1.33. The Morgan fingerprint density at radius 1 is 1.35 bits per heavy atom. The number of amides is 1. The van der Waals surface area contributed by atoms with Crippen LogP contribution >= 0.6 is 0 Å². The fourth-order valence-corrected chi connectivity index (χ4v) is 2.64. The van der Waals surface area contributed by atoms with Crippen LogP contribution in [0.5, 0.6) is 0 Å². The fraction of sp³-hybridized carbons (Fsp3) is 0.667. The molecule has 0 spiro atoms. The predicted molar refractivity (Wildman–Crippen MR) is 77.9 cm³/mol. The molecule has 5 heteroatoms. The predicted octanol–water partition coefficient (Wildman–Crippen LogP) is 1.15. The molecule has 2 rings (SSSR count). The van der Waals surface area contributed by atoms with Crippen LogP contribution in [0.4, 0.5) is 0 Å². The molecule has 0 aliphatic carbocycles. The quantitative estimate of drug-likeness (QED) is 0.878. The molecule has 1 atom stereocenters. The smallest absolute Gasteiger partial charge is 0.227 e. The highest BCUT2D eigenvalue weighted by atomic mass is 16.3. The zero-order valence-corrected chi connectivity index (χ0v) is 12.4. The molecule has 1 unspecified atom stereocenters. The van der Waals surface area contributed by atoms with E-state index in [0.717, 1.165) is 38.5 Å². The Balaban J connectivity index is 1.83. The zero-order chi connectivity index (χ0) is 14.5. The van der Waals surface area contributed by atoms with Crippen LogP contribution in [0.1, 0.15) is 19.6 Å². The van der Waals surface area contributed by atoms with Crippen molar-refractivity contribution >= 4 is 5.91 Å². The van der Waals surface area contributed by atoms with Crippen LogP contribution in [0.25, 0.3) is 0 Å². The second kappa shape index (κ2) is 6.90. The molecule has 1 amide bonds. The first-order valence-corrected chi connectivity index (χ1v) is 7.35. The molecule has 0 saturated carbocycles. The van der Waals surface area contributed by atoms with Gasteiger partial charge in [0.2, 0.25) is 5.91 Å². The number of hydrogen-bond acceptors (Lipinski definition) is 4. The lowest BCUT2D eigenvalue weighted by molar-refractivity contribution is -0.138. The molecule has 0 radical (unpaired) electrons. The number of hydrogen-bond donors (Lipinski definition) is 1. The first kappa shape index (κ1) is 15.1. The van der Waals surface area contributed by atoms with E-state index >= 15 is 0 Å². The molecule has 1 aromatic heterocycles. The Morgan fingerprint density at radius 2 is 2.05 bits per heavy atom. The van der Waals surface area contributed by atoms with Gasteiger partial charge in [0.05, 0.1) is 18.7 Å². The van der Waals surface area contributed by atoms with Gasteiger partial charge >= 0.3 is 0 Å². The summed E-state index contributed by atoms with van der Waals surface area (Å²) in [6.45, 7) is 8.71. The standard InChI is InChI=1S/C15H25N3O2/c1-12(2)14(10-16)15(19)18-7-5-17(6-8-18)11-13-4-3-9-20-13/h3-4,9,12,14H,5-8,10-11,16H2,1-2H3. The second-order valence-electron chi connectivity index (χ2n) is 5.77. The number of nitrogens with zero attached hydrogens (tertiary/aromatic N) is 2. The van der Waals surface area contributed by atoms with Crippen molar-refractivity contribution in [3.63, 3.8) is 0 Å². The molecular weight excluding hydrogens is 254 g/mol. The van der Waals surface area contributed by atoms with Crippen LogP contribution in [0, 0.1) is 11.8 Å². The topological polar surface area (TPSA) is 62.7 Å². The molecule has 20 heavy (non-hydrogen) atoms. The van der Waals surface area contributed by atoms with E-state index in [1.54, 1.807) is 6.26 Å². The van der Waals surface area contributed by atoms with Crippen LogP contribution in [0.2, 0.25) is 0 Å². The molecule has 1 aromatic rings. The van der Waals surface area contributed by atoms with E-state index in [4.69, 9.17) is 10.2 Å². The van der Waals surface area contributed by atoms with E-state index in [-0.39, 0.29) is 11.8 Å².